The largest absolute Gasteiger partial charge is 0.340 e. The van der Waals surface area contributed by atoms with Crippen LogP contribution in [0.5, 0.6) is 0 Å². The molecule has 0 bridgehead atoms. The lowest BCUT2D eigenvalue weighted by atomic mass is 10.0. The number of hydrogen-bond acceptors (Lipinski definition) is 3. The van der Waals surface area contributed by atoms with Crippen LogP contribution in [-0.4, -0.2) is 21.8 Å². The van der Waals surface area contributed by atoms with Gasteiger partial charge in [0, 0.05) is 10.3 Å². The maximum absolute atomic E-state index is 11.9. The number of hydrogen-bond donors (Lipinski definition) is 3. The van der Waals surface area contributed by atoms with Gasteiger partial charge in [-0.15, -0.1) is 12.6 Å². The van der Waals surface area contributed by atoms with Gasteiger partial charge in [-0.3, -0.25) is 9.59 Å². The van der Waals surface area contributed by atoms with Crippen LogP contribution in [0.1, 0.15) is 24.2 Å². The lowest BCUT2D eigenvalue weighted by molar-refractivity contribution is -0.112. The molecule has 3 nitrogen and oxygen atoms in total. The quantitative estimate of drug-likeness (QED) is 0.732. The van der Waals surface area contributed by atoms with Gasteiger partial charge in [-0.1, -0.05) is 18.2 Å². The Morgan fingerprint density at radius 3 is 2.18 bits per heavy atom. The molecule has 17 heavy (non-hydrogen) atoms. The van der Waals surface area contributed by atoms with Crippen molar-refractivity contribution < 1.29 is 9.59 Å². The van der Waals surface area contributed by atoms with Gasteiger partial charge in [0.05, 0.1) is 0 Å². The van der Waals surface area contributed by atoms with E-state index in [2.05, 4.69) is 30.6 Å². The molecule has 0 saturated heterocycles. The fourth-order valence-electron chi connectivity index (χ4n) is 1.34. The van der Waals surface area contributed by atoms with E-state index in [9.17, 15) is 9.59 Å². The van der Waals surface area contributed by atoms with E-state index >= 15 is 0 Å². The fraction of sp³-hybridized carbons (Fsp3) is 0.333. The molecule has 0 heterocycles. The van der Waals surface area contributed by atoms with Crippen LogP contribution in [0.25, 0.3) is 0 Å². The summed E-state index contributed by atoms with van der Waals surface area (Å²) < 4.78 is -0.663. The Hall–Kier alpha value is -0.940. The first-order valence-electron chi connectivity index (χ1n) is 5.13. The molecular formula is C12H15NO2S2. The summed E-state index contributed by atoms with van der Waals surface area (Å²) in [7, 11) is 0. The molecule has 0 radical (unpaired) electrons. The molecular weight excluding hydrogens is 254 g/mol. The Morgan fingerprint density at radius 2 is 1.76 bits per heavy atom. The first kappa shape index (κ1) is 14.1. The average Bonchev–Trinajstić information content (AvgIpc) is 2.24. The van der Waals surface area contributed by atoms with E-state index in [-0.39, 0.29) is 5.91 Å². The SMILES string of the molecule is CC(C)(S)C(NC(=O)c1ccccc1)C(=O)S. The second-order valence-electron chi connectivity index (χ2n) is 4.26. The van der Waals surface area contributed by atoms with Crippen LogP contribution in [0, 0.1) is 0 Å². The molecule has 0 fully saturated rings. The third-order valence-electron chi connectivity index (χ3n) is 2.26. The van der Waals surface area contributed by atoms with E-state index < -0.39 is 15.9 Å². The minimum absolute atomic E-state index is 0.305. The maximum Gasteiger partial charge on any atom is 0.251 e. The molecule has 0 saturated carbocycles. The number of amides is 1. The summed E-state index contributed by atoms with van der Waals surface area (Å²) in [6, 6.07) is 7.97. The van der Waals surface area contributed by atoms with Crippen molar-refractivity contribution in [1.29, 1.82) is 0 Å². The van der Waals surface area contributed by atoms with E-state index in [0.717, 1.165) is 0 Å². The number of nitrogens with one attached hydrogen (secondary N) is 1. The van der Waals surface area contributed by atoms with Crippen LogP contribution in [0.15, 0.2) is 30.3 Å². The summed E-state index contributed by atoms with van der Waals surface area (Å²) in [5.74, 6) is -0.305. The second-order valence-corrected chi connectivity index (χ2v) is 5.86. The molecule has 1 unspecified atom stereocenters. The standard InChI is InChI=1S/C12H15NO2S2/c1-12(2,17)9(11(15)16)13-10(14)8-6-4-3-5-7-8/h3-7,9,17H,1-2H3,(H,13,14)(H,15,16). The lowest BCUT2D eigenvalue weighted by Crippen LogP contribution is -2.50. The highest BCUT2D eigenvalue weighted by molar-refractivity contribution is 7.97. The molecule has 5 heteroatoms. The molecule has 1 aromatic carbocycles. The number of rotatable bonds is 4. The first-order chi connectivity index (χ1) is 7.82. The van der Waals surface area contributed by atoms with Crippen molar-refractivity contribution in [3.63, 3.8) is 0 Å². The highest BCUT2D eigenvalue weighted by Crippen LogP contribution is 2.19. The van der Waals surface area contributed by atoms with Crippen LogP contribution >= 0.6 is 25.3 Å². The van der Waals surface area contributed by atoms with Crippen molar-refractivity contribution in [1.82, 2.24) is 5.32 Å². The summed E-state index contributed by atoms with van der Waals surface area (Å²) in [5, 5.41) is 2.22. The molecule has 1 rings (SSSR count). The van der Waals surface area contributed by atoms with Crippen molar-refractivity contribution in [2.24, 2.45) is 0 Å². The zero-order chi connectivity index (χ0) is 13.1. The third kappa shape index (κ3) is 4.09. The van der Waals surface area contributed by atoms with Crippen LogP contribution in [-0.2, 0) is 4.79 Å². The Morgan fingerprint density at radius 1 is 1.24 bits per heavy atom. The first-order valence-corrected chi connectivity index (χ1v) is 6.03. The monoisotopic (exact) mass is 269 g/mol. The van der Waals surface area contributed by atoms with Crippen LogP contribution in [0.4, 0.5) is 0 Å². The van der Waals surface area contributed by atoms with Gasteiger partial charge in [-0.25, -0.2) is 0 Å². The number of carbonyl (C=O) groups is 2. The van der Waals surface area contributed by atoms with Gasteiger partial charge in [0.25, 0.3) is 5.91 Å². The van der Waals surface area contributed by atoms with Gasteiger partial charge >= 0.3 is 0 Å². The Kier molecular flexibility index (Phi) is 4.65. The summed E-state index contributed by atoms with van der Waals surface area (Å²) in [6.07, 6.45) is 0. The van der Waals surface area contributed by atoms with Gasteiger partial charge < -0.3 is 5.32 Å². The highest BCUT2D eigenvalue weighted by atomic mass is 32.1. The smallest absolute Gasteiger partial charge is 0.251 e. The molecule has 0 aliphatic carbocycles. The number of benzene rings is 1. The van der Waals surface area contributed by atoms with Crippen LogP contribution in [0.3, 0.4) is 0 Å². The molecule has 1 atom stereocenters. The minimum Gasteiger partial charge on any atom is -0.340 e. The third-order valence-corrected chi connectivity index (χ3v) is 2.78. The molecule has 0 aromatic heterocycles. The maximum atomic E-state index is 11.9. The zero-order valence-electron chi connectivity index (χ0n) is 9.68. The lowest BCUT2D eigenvalue weighted by Gasteiger charge is -2.27. The van der Waals surface area contributed by atoms with Crippen molar-refractivity contribution in [2.45, 2.75) is 24.6 Å². The highest BCUT2D eigenvalue weighted by Gasteiger charge is 2.31. The number of carbonyl (C=O) groups excluding carboxylic acids is 2. The van der Waals surface area contributed by atoms with Crippen molar-refractivity contribution >= 4 is 36.3 Å². The van der Waals surface area contributed by atoms with E-state index in [1.165, 1.54) is 0 Å². The topological polar surface area (TPSA) is 46.2 Å². The Labute approximate surface area is 112 Å². The summed E-state index contributed by atoms with van der Waals surface area (Å²) >= 11 is 8.06. The predicted molar refractivity (Wildman–Crippen MR) is 74.8 cm³/mol. The average molecular weight is 269 g/mol. The Bertz CT molecular complexity index is 412. The summed E-state index contributed by atoms with van der Waals surface area (Å²) in [6.45, 7) is 3.50. The van der Waals surface area contributed by atoms with E-state index in [1.807, 2.05) is 6.07 Å². The van der Waals surface area contributed by atoms with Gasteiger partial charge in [0.1, 0.15) is 6.04 Å². The van der Waals surface area contributed by atoms with Crippen molar-refractivity contribution in [2.75, 3.05) is 0 Å². The van der Waals surface area contributed by atoms with Gasteiger partial charge in [0.2, 0.25) is 5.12 Å². The Balaban J connectivity index is 2.83. The minimum atomic E-state index is -0.734. The second kappa shape index (κ2) is 5.60. The summed E-state index contributed by atoms with van der Waals surface area (Å²) in [4.78, 5) is 23.2. The summed E-state index contributed by atoms with van der Waals surface area (Å²) in [5.41, 5.74) is 0.504. The molecule has 1 amide bonds. The van der Waals surface area contributed by atoms with Crippen molar-refractivity contribution in [3.05, 3.63) is 35.9 Å². The van der Waals surface area contributed by atoms with E-state index in [1.54, 1.807) is 38.1 Å². The zero-order valence-corrected chi connectivity index (χ0v) is 11.5. The normalized spacial score (nSPS) is 12.9. The van der Waals surface area contributed by atoms with Crippen molar-refractivity contribution in [3.8, 4) is 0 Å². The molecule has 92 valence electrons. The fourth-order valence-corrected chi connectivity index (χ4v) is 2.02. The molecule has 0 aliphatic heterocycles. The molecule has 0 aliphatic rings. The molecule has 1 aromatic rings. The van der Waals surface area contributed by atoms with Crippen LogP contribution in [0.2, 0.25) is 0 Å². The van der Waals surface area contributed by atoms with Gasteiger partial charge in [-0.2, -0.15) is 12.6 Å². The van der Waals surface area contributed by atoms with E-state index in [4.69, 9.17) is 0 Å². The van der Waals surface area contributed by atoms with Crippen LogP contribution < -0.4 is 5.32 Å². The van der Waals surface area contributed by atoms with Gasteiger partial charge in [0.15, 0.2) is 0 Å². The number of thiol groups is 2. The van der Waals surface area contributed by atoms with Gasteiger partial charge in [-0.05, 0) is 26.0 Å². The molecule has 1 N–H and O–H groups in total. The molecule has 0 spiro atoms. The van der Waals surface area contributed by atoms with E-state index in [0.29, 0.717) is 5.56 Å². The predicted octanol–water partition coefficient (Wildman–Crippen LogP) is 1.95.